The first-order valence-corrected chi connectivity index (χ1v) is 12.9. The molecule has 200 valence electrons. The number of benzene rings is 2. The summed E-state index contributed by atoms with van der Waals surface area (Å²) in [5, 5.41) is 10.0. The van der Waals surface area contributed by atoms with Crippen LogP contribution in [0.5, 0.6) is 0 Å². The summed E-state index contributed by atoms with van der Waals surface area (Å²) in [6.07, 6.45) is -5.56. The Hall–Kier alpha value is -4.10. The summed E-state index contributed by atoms with van der Waals surface area (Å²) in [7, 11) is 0. The van der Waals surface area contributed by atoms with Crippen LogP contribution in [0.4, 0.5) is 24.2 Å². The van der Waals surface area contributed by atoms with E-state index in [4.69, 9.17) is 14.1 Å². The molecule has 0 amide bonds. The third kappa shape index (κ3) is 5.14. The second kappa shape index (κ2) is 10.2. The van der Waals surface area contributed by atoms with Crippen molar-refractivity contribution in [1.29, 1.82) is 0 Å². The van der Waals surface area contributed by atoms with E-state index < -0.39 is 17.3 Å². The molecule has 13 heteroatoms. The number of hydrogen-bond donors (Lipinski definition) is 1. The van der Waals surface area contributed by atoms with E-state index in [0.717, 1.165) is 16.7 Å². The Bertz CT molecular complexity index is 1530. The summed E-state index contributed by atoms with van der Waals surface area (Å²) in [6.45, 7) is 1.56. The second-order valence-corrected chi connectivity index (χ2v) is 9.85. The zero-order valence-electron chi connectivity index (χ0n) is 20.3. The van der Waals surface area contributed by atoms with Gasteiger partial charge in [0.1, 0.15) is 5.00 Å². The highest BCUT2D eigenvalue weighted by Crippen LogP contribution is 2.42. The van der Waals surface area contributed by atoms with E-state index in [-0.39, 0.29) is 34.8 Å². The fraction of sp³-hybridized carbons (Fsp3) is 0.269. The highest BCUT2D eigenvalue weighted by atomic mass is 32.1. The van der Waals surface area contributed by atoms with Crippen molar-refractivity contribution in [3.63, 3.8) is 0 Å². The number of carbonyl (C=O) groups is 1. The van der Waals surface area contributed by atoms with Gasteiger partial charge in [0.05, 0.1) is 18.9 Å². The molecule has 1 fully saturated rings. The normalized spacial score (nSPS) is 17.9. The third-order valence-corrected chi connectivity index (χ3v) is 7.45. The Balaban J connectivity index is 1.33. The third-order valence-electron chi connectivity index (χ3n) is 6.29. The average molecular weight is 555 g/mol. The Morgan fingerprint density at radius 3 is 2.51 bits per heavy atom. The van der Waals surface area contributed by atoms with Crippen molar-refractivity contribution in [3.05, 3.63) is 76.3 Å². The number of fused-ring (bicyclic) bond motifs is 1. The summed E-state index contributed by atoms with van der Waals surface area (Å²) in [6, 6.07) is 16.9. The average Bonchev–Trinajstić information content (AvgIpc) is 3.57. The number of thiazole rings is 1. The minimum absolute atomic E-state index is 0.0668. The Labute approximate surface area is 224 Å². The van der Waals surface area contributed by atoms with Gasteiger partial charge in [-0.15, -0.1) is 5.10 Å². The van der Waals surface area contributed by atoms with Gasteiger partial charge in [-0.05, 0) is 5.56 Å². The molecule has 0 aliphatic carbocycles. The van der Waals surface area contributed by atoms with E-state index >= 15 is 0 Å². The van der Waals surface area contributed by atoms with Gasteiger partial charge in [0.2, 0.25) is 5.01 Å². The van der Waals surface area contributed by atoms with Crippen LogP contribution in [0.25, 0.3) is 11.6 Å². The standard InChI is InChI=1S/C26H21F3N6O3S/c27-26(28,29)24-31-20(23(39-24)35-10-12-37-13-11-35)22-33-34-25(38-22)32-21-18(36)14-16-8-4-5-9-17(16)19(30-21)15-6-2-1-3-7-15/h1-9,21H,10-14H2,(H,32,34)/t21-/m1/s1. The summed E-state index contributed by atoms with van der Waals surface area (Å²) in [5.41, 5.74) is 3.05. The van der Waals surface area contributed by atoms with Gasteiger partial charge in [-0.25, -0.2) is 4.98 Å². The number of halogens is 3. The van der Waals surface area contributed by atoms with Gasteiger partial charge in [-0.2, -0.15) is 13.2 Å². The smallest absolute Gasteiger partial charge is 0.402 e. The predicted molar refractivity (Wildman–Crippen MR) is 138 cm³/mol. The second-order valence-electron chi connectivity index (χ2n) is 8.87. The monoisotopic (exact) mass is 554 g/mol. The minimum atomic E-state index is -4.63. The molecule has 0 radical (unpaired) electrons. The molecule has 39 heavy (non-hydrogen) atoms. The van der Waals surface area contributed by atoms with Crippen LogP contribution in [-0.2, 0) is 22.1 Å². The molecule has 2 aromatic heterocycles. The van der Waals surface area contributed by atoms with E-state index in [9.17, 15) is 18.0 Å². The van der Waals surface area contributed by atoms with Crippen LogP contribution in [-0.4, -0.2) is 59.1 Å². The van der Waals surface area contributed by atoms with Crippen LogP contribution in [0.15, 0.2) is 64.0 Å². The van der Waals surface area contributed by atoms with E-state index in [2.05, 4.69) is 20.5 Å². The zero-order chi connectivity index (χ0) is 27.0. The van der Waals surface area contributed by atoms with Gasteiger partial charge in [0, 0.05) is 30.6 Å². The first kappa shape index (κ1) is 25.2. The van der Waals surface area contributed by atoms with Gasteiger partial charge in [0.15, 0.2) is 17.6 Å². The van der Waals surface area contributed by atoms with Gasteiger partial charge in [-0.1, -0.05) is 71.0 Å². The molecule has 4 aromatic rings. The maximum atomic E-state index is 13.5. The number of anilines is 2. The van der Waals surface area contributed by atoms with Crippen LogP contribution >= 0.6 is 11.3 Å². The highest BCUT2D eigenvalue weighted by Gasteiger charge is 2.38. The lowest BCUT2D eigenvalue weighted by atomic mass is 9.96. The topological polar surface area (TPSA) is 106 Å². The van der Waals surface area contributed by atoms with Crippen molar-refractivity contribution in [2.24, 2.45) is 4.99 Å². The molecule has 9 nitrogen and oxygen atoms in total. The molecule has 1 N–H and O–H groups in total. The quantitative estimate of drug-likeness (QED) is 0.386. The lowest BCUT2D eigenvalue weighted by Crippen LogP contribution is -2.36. The first-order valence-electron chi connectivity index (χ1n) is 12.1. The van der Waals surface area contributed by atoms with Crippen molar-refractivity contribution in [2.45, 2.75) is 18.8 Å². The van der Waals surface area contributed by atoms with Crippen LogP contribution in [0, 0.1) is 0 Å². The van der Waals surface area contributed by atoms with Crippen molar-refractivity contribution < 1.29 is 27.1 Å². The minimum Gasteiger partial charge on any atom is -0.402 e. The van der Waals surface area contributed by atoms with Gasteiger partial charge in [-0.3, -0.25) is 9.79 Å². The number of morpholine rings is 1. The summed E-state index contributed by atoms with van der Waals surface area (Å²) in [4.78, 5) is 23.5. The van der Waals surface area contributed by atoms with Crippen LogP contribution in [0.1, 0.15) is 21.7 Å². The molecule has 1 atom stereocenters. The van der Waals surface area contributed by atoms with Crippen molar-refractivity contribution in [1.82, 2.24) is 15.2 Å². The largest absolute Gasteiger partial charge is 0.443 e. The molecule has 1 saturated heterocycles. The maximum Gasteiger partial charge on any atom is 0.443 e. The van der Waals surface area contributed by atoms with Crippen LogP contribution < -0.4 is 10.2 Å². The molecular weight excluding hydrogens is 533 g/mol. The number of rotatable bonds is 5. The number of aromatic nitrogens is 3. The number of aliphatic imine (C=N–C) groups is 1. The van der Waals surface area contributed by atoms with Gasteiger partial charge in [0.25, 0.3) is 5.89 Å². The first-order chi connectivity index (χ1) is 18.9. The van der Waals surface area contributed by atoms with Crippen molar-refractivity contribution in [2.75, 3.05) is 36.5 Å². The zero-order valence-corrected chi connectivity index (χ0v) is 21.1. The molecule has 0 bridgehead atoms. The molecule has 6 rings (SSSR count). The molecule has 2 aromatic carbocycles. The predicted octanol–water partition coefficient (Wildman–Crippen LogP) is 4.45. The van der Waals surface area contributed by atoms with Gasteiger partial charge < -0.3 is 19.4 Å². The number of hydrogen-bond acceptors (Lipinski definition) is 10. The molecule has 4 heterocycles. The van der Waals surface area contributed by atoms with E-state index in [0.29, 0.717) is 43.4 Å². The lowest BCUT2D eigenvalue weighted by Gasteiger charge is -2.27. The molecule has 2 aliphatic rings. The number of ether oxygens (including phenoxy) is 1. The molecule has 0 saturated carbocycles. The fourth-order valence-electron chi connectivity index (χ4n) is 4.45. The van der Waals surface area contributed by atoms with Crippen LogP contribution in [0.3, 0.4) is 0 Å². The van der Waals surface area contributed by atoms with Crippen molar-refractivity contribution >= 4 is 33.8 Å². The number of nitrogens with one attached hydrogen (secondary N) is 1. The summed E-state index contributed by atoms with van der Waals surface area (Å²) in [5.74, 6) is -0.419. The highest BCUT2D eigenvalue weighted by molar-refractivity contribution is 7.16. The molecule has 2 aliphatic heterocycles. The lowest BCUT2D eigenvalue weighted by molar-refractivity contribution is -0.137. The summed E-state index contributed by atoms with van der Waals surface area (Å²) < 4.78 is 51.6. The maximum absolute atomic E-state index is 13.5. The Morgan fingerprint density at radius 1 is 1.00 bits per heavy atom. The molecule has 0 unspecified atom stereocenters. The fourth-order valence-corrected chi connectivity index (χ4v) is 5.42. The van der Waals surface area contributed by atoms with Crippen molar-refractivity contribution in [3.8, 4) is 11.6 Å². The van der Waals surface area contributed by atoms with E-state index in [1.165, 1.54) is 0 Å². The van der Waals surface area contributed by atoms with Crippen LogP contribution in [0.2, 0.25) is 0 Å². The SMILES string of the molecule is O=C1Cc2ccccc2C(c2ccccc2)=N[C@@H]1Nc1nnc(-c2nc(C(F)(F)F)sc2N2CCOCC2)o1. The molecular formula is C26H21F3N6O3S. The number of carbonyl (C=O) groups excluding carboxylic acids is 1. The van der Waals surface area contributed by atoms with E-state index in [1.54, 1.807) is 4.90 Å². The van der Waals surface area contributed by atoms with Gasteiger partial charge >= 0.3 is 12.2 Å². The number of nitrogens with zero attached hydrogens (tertiary/aromatic N) is 5. The summed E-state index contributed by atoms with van der Waals surface area (Å²) >= 11 is 0.517. The number of alkyl halides is 3. The Morgan fingerprint density at radius 2 is 1.74 bits per heavy atom. The molecule has 0 spiro atoms. The Kier molecular flexibility index (Phi) is 6.61. The van der Waals surface area contributed by atoms with E-state index in [1.807, 2.05) is 54.6 Å². The number of ketones is 1. The number of Topliss-reactive ketones (excluding diaryl/α,β-unsaturated/α-hetero) is 1.